The van der Waals surface area contributed by atoms with E-state index in [1.165, 1.54) is 7.11 Å². The second-order valence-electron chi connectivity index (χ2n) is 3.35. The molecular formula is C9H13NO5. The van der Waals surface area contributed by atoms with Crippen LogP contribution in [0.3, 0.4) is 0 Å². The van der Waals surface area contributed by atoms with Crippen LogP contribution in [0.15, 0.2) is 0 Å². The highest BCUT2D eigenvalue weighted by Gasteiger charge is 2.33. The van der Waals surface area contributed by atoms with Crippen LogP contribution in [0, 0.1) is 5.92 Å². The maximum Gasteiger partial charge on any atom is 0.338 e. The predicted molar refractivity (Wildman–Crippen MR) is 48.2 cm³/mol. The molecule has 0 bridgehead atoms. The van der Waals surface area contributed by atoms with Crippen LogP contribution >= 0.6 is 0 Å². The standard InChI is InChI=1S/C9H13NO5/c1-6(5-14-2)9(13)15-10-7(11)3-4-8(10)12/h6H,3-5H2,1-2H3. The van der Waals surface area contributed by atoms with Crippen molar-refractivity contribution < 1.29 is 24.0 Å². The van der Waals surface area contributed by atoms with Crippen molar-refractivity contribution in [1.29, 1.82) is 0 Å². The fourth-order valence-corrected chi connectivity index (χ4v) is 1.16. The zero-order valence-electron chi connectivity index (χ0n) is 8.69. The number of methoxy groups -OCH3 is 1. The summed E-state index contributed by atoms with van der Waals surface area (Å²) in [5.41, 5.74) is 0. The van der Waals surface area contributed by atoms with Crippen molar-refractivity contribution in [1.82, 2.24) is 5.06 Å². The van der Waals surface area contributed by atoms with E-state index in [1.54, 1.807) is 6.92 Å². The summed E-state index contributed by atoms with van der Waals surface area (Å²) in [5.74, 6) is -2.09. The summed E-state index contributed by atoms with van der Waals surface area (Å²) >= 11 is 0. The minimum atomic E-state index is -0.638. The van der Waals surface area contributed by atoms with Crippen molar-refractivity contribution in [3.05, 3.63) is 0 Å². The molecule has 0 aromatic rings. The van der Waals surface area contributed by atoms with E-state index in [9.17, 15) is 14.4 Å². The van der Waals surface area contributed by atoms with Crippen molar-refractivity contribution in [3.63, 3.8) is 0 Å². The molecule has 0 saturated carbocycles. The molecule has 1 aliphatic heterocycles. The highest BCUT2D eigenvalue weighted by molar-refractivity contribution is 6.01. The summed E-state index contributed by atoms with van der Waals surface area (Å²) in [6.07, 6.45) is 0.204. The van der Waals surface area contributed by atoms with Gasteiger partial charge in [0.05, 0.1) is 12.5 Å². The lowest BCUT2D eigenvalue weighted by Gasteiger charge is -2.15. The van der Waals surface area contributed by atoms with Crippen molar-refractivity contribution in [2.75, 3.05) is 13.7 Å². The number of ether oxygens (including phenoxy) is 1. The molecule has 1 aliphatic rings. The third-order valence-electron chi connectivity index (χ3n) is 2.01. The van der Waals surface area contributed by atoms with Gasteiger partial charge in [0.2, 0.25) is 0 Å². The van der Waals surface area contributed by atoms with Gasteiger partial charge in [-0.2, -0.15) is 0 Å². The quantitative estimate of drug-likeness (QED) is 0.611. The Morgan fingerprint density at radius 2 is 1.93 bits per heavy atom. The monoisotopic (exact) mass is 215 g/mol. The van der Waals surface area contributed by atoms with Gasteiger partial charge in [-0.3, -0.25) is 9.59 Å². The molecule has 0 N–H and O–H groups in total. The third-order valence-corrected chi connectivity index (χ3v) is 2.01. The molecule has 1 atom stereocenters. The molecule has 84 valence electrons. The van der Waals surface area contributed by atoms with E-state index in [1.807, 2.05) is 0 Å². The van der Waals surface area contributed by atoms with Gasteiger partial charge in [-0.05, 0) is 6.92 Å². The molecule has 0 aromatic carbocycles. The molecule has 1 unspecified atom stereocenters. The van der Waals surface area contributed by atoms with E-state index >= 15 is 0 Å². The van der Waals surface area contributed by atoms with Crippen LogP contribution < -0.4 is 0 Å². The Balaban J connectivity index is 2.50. The molecule has 0 aromatic heterocycles. The summed E-state index contributed by atoms with van der Waals surface area (Å²) in [4.78, 5) is 38.2. The van der Waals surface area contributed by atoms with Crippen LogP contribution in [0.25, 0.3) is 0 Å². The molecule has 1 rings (SSSR count). The molecular weight excluding hydrogens is 202 g/mol. The molecule has 6 nitrogen and oxygen atoms in total. The summed E-state index contributed by atoms with van der Waals surface area (Å²) < 4.78 is 4.75. The number of hydrogen-bond acceptors (Lipinski definition) is 5. The van der Waals surface area contributed by atoms with Crippen molar-refractivity contribution in [3.8, 4) is 0 Å². The first kappa shape index (κ1) is 11.6. The van der Waals surface area contributed by atoms with Crippen LogP contribution in [0.5, 0.6) is 0 Å². The zero-order chi connectivity index (χ0) is 11.4. The summed E-state index contributed by atoms with van der Waals surface area (Å²) in [7, 11) is 1.45. The average molecular weight is 215 g/mol. The number of rotatable bonds is 4. The van der Waals surface area contributed by atoms with Crippen molar-refractivity contribution >= 4 is 17.8 Å². The smallest absolute Gasteiger partial charge is 0.338 e. The molecule has 15 heavy (non-hydrogen) atoms. The van der Waals surface area contributed by atoms with Gasteiger partial charge in [0.1, 0.15) is 0 Å². The van der Waals surface area contributed by atoms with E-state index in [0.29, 0.717) is 5.06 Å². The molecule has 0 spiro atoms. The topological polar surface area (TPSA) is 72.9 Å². The van der Waals surface area contributed by atoms with Crippen molar-refractivity contribution in [2.24, 2.45) is 5.92 Å². The second kappa shape index (κ2) is 4.88. The van der Waals surface area contributed by atoms with E-state index in [-0.39, 0.29) is 19.4 Å². The van der Waals surface area contributed by atoms with Crippen LogP contribution in [0.1, 0.15) is 19.8 Å². The number of hydroxylamine groups is 2. The second-order valence-corrected chi connectivity index (χ2v) is 3.35. The molecule has 1 fully saturated rings. The molecule has 1 saturated heterocycles. The maximum absolute atomic E-state index is 11.3. The van der Waals surface area contributed by atoms with Gasteiger partial charge in [-0.1, -0.05) is 0 Å². The minimum Gasteiger partial charge on any atom is -0.384 e. The van der Waals surface area contributed by atoms with Crippen LogP contribution in [-0.2, 0) is 24.0 Å². The predicted octanol–water partition coefficient (Wildman–Crippen LogP) is -0.124. The van der Waals surface area contributed by atoms with Crippen molar-refractivity contribution in [2.45, 2.75) is 19.8 Å². The lowest BCUT2D eigenvalue weighted by atomic mass is 10.2. The summed E-state index contributed by atoms with van der Waals surface area (Å²) in [5, 5.41) is 0.536. The highest BCUT2D eigenvalue weighted by atomic mass is 16.7. The number of amides is 2. The molecule has 1 heterocycles. The number of hydrogen-bond donors (Lipinski definition) is 0. The Morgan fingerprint density at radius 1 is 1.40 bits per heavy atom. The summed E-state index contributed by atoms with van der Waals surface area (Å²) in [6.45, 7) is 1.78. The fraction of sp³-hybridized carbons (Fsp3) is 0.667. The third kappa shape index (κ3) is 2.76. The normalized spacial score (nSPS) is 18.1. The van der Waals surface area contributed by atoms with Crippen LogP contribution in [0.2, 0.25) is 0 Å². The van der Waals surface area contributed by atoms with E-state index < -0.39 is 23.7 Å². The first-order valence-electron chi connectivity index (χ1n) is 4.62. The van der Waals surface area contributed by atoms with E-state index in [2.05, 4.69) is 4.84 Å². The van der Waals surface area contributed by atoms with Gasteiger partial charge in [0.15, 0.2) is 0 Å². The summed E-state index contributed by atoms with van der Waals surface area (Å²) in [6, 6.07) is 0. The first-order valence-corrected chi connectivity index (χ1v) is 4.62. The Hall–Kier alpha value is -1.43. The molecule has 6 heteroatoms. The minimum absolute atomic E-state index is 0.102. The fourth-order valence-electron chi connectivity index (χ4n) is 1.16. The number of carbonyl (C=O) groups excluding carboxylic acids is 3. The van der Waals surface area contributed by atoms with Gasteiger partial charge < -0.3 is 9.57 Å². The molecule has 0 aliphatic carbocycles. The van der Waals surface area contributed by atoms with Gasteiger partial charge in [0, 0.05) is 20.0 Å². The first-order chi connectivity index (χ1) is 7.06. The van der Waals surface area contributed by atoms with E-state index in [0.717, 1.165) is 0 Å². The van der Waals surface area contributed by atoms with E-state index in [4.69, 9.17) is 4.74 Å². The Kier molecular flexibility index (Phi) is 3.79. The van der Waals surface area contributed by atoms with Gasteiger partial charge in [0.25, 0.3) is 11.8 Å². The largest absolute Gasteiger partial charge is 0.384 e. The zero-order valence-corrected chi connectivity index (χ0v) is 8.69. The van der Waals surface area contributed by atoms with Crippen LogP contribution in [-0.4, -0.2) is 36.6 Å². The lowest BCUT2D eigenvalue weighted by molar-refractivity contribution is -0.201. The van der Waals surface area contributed by atoms with Gasteiger partial charge in [-0.25, -0.2) is 4.79 Å². The van der Waals surface area contributed by atoms with Crippen LogP contribution in [0.4, 0.5) is 0 Å². The lowest BCUT2D eigenvalue weighted by Crippen LogP contribution is -2.34. The Labute approximate surface area is 87.1 Å². The molecule has 2 amide bonds. The Morgan fingerprint density at radius 3 is 2.40 bits per heavy atom. The molecule has 0 radical (unpaired) electrons. The van der Waals surface area contributed by atoms with Gasteiger partial charge >= 0.3 is 5.97 Å². The van der Waals surface area contributed by atoms with Gasteiger partial charge in [-0.15, -0.1) is 5.06 Å². The number of imide groups is 1. The number of nitrogens with zero attached hydrogens (tertiary/aromatic N) is 1. The number of carbonyl (C=O) groups is 3. The highest BCUT2D eigenvalue weighted by Crippen LogP contribution is 2.13. The Bertz CT molecular complexity index is 272. The maximum atomic E-state index is 11.3. The SMILES string of the molecule is COCC(C)C(=O)ON1C(=O)CCC1=O. The average Bonchev–Trinajstić information content (AvgIpc) is 2.49.